The lowest BCUT2D eigenvalue weighted by atomic mass is 10.0. The molecule has 1 fully saturated rings. The van der Waals surface area contributed by atoms with Crippen LogP contribution in [-0.4, -0.2) is 66.2 Å². The maximum absolute atomic E-state index is 14.4. The van der Waals surface area contributed by atoms with E-state index < -0.39 is 17.7 Å². The highest BCUT2D eigenvalue weighted by Gasteiger charge is 2.39. The Morgan fingerprint density at radius 2 is 1.92 bits per heavy atom. The number of aromatic amines is 1. The van der Waals surface area contributed by atoms with Gasteiger partial charge >= 0.3 is 0 Å². The fourth-order valence-electron chi connectivity index (χ4n) is 5.43. The van der Waals surface area contributed by atoms with E-state index in [0.29, 0.717) is 42.6 Å². The van der Waals surface area contributed by atoms with Crippen LogP contribution in [-0.2, 0) is 6.42 Å². The second-order valence-electron chi connectivity index (χ2n) is 9.67. The van der Waals surface area contributed by atoms with Crippen molar-refractivity contribution in [3.63, 3.8) is 0 Å². The molecular formula is C26H23F2N7O3. The first-order chi connectivity index (χ1) is 18.5. The van der Waals surface area contributed by atoms with Crippen LogP contribution in [0.25, 0.3) is 16.6 Å². The molecule has 0 aliphatic carbocycles. The Balaban J connectivity index is 1.27. The second-order valence-corrected chi connectivity index (χ2v) is 9.67. The van der Waals surface area contributed by atoms with Gasteiger partial charge in [0.1, 0.15) is 5.52 Å². The third-order valence-corrected chi connectivity index (χ3v) is 7.44. The van der Waals surface area contributed by atoms with Crippen LogP contribution < -0.4 is 4.90 Å². The molecule has 5 aromatic rings. The standard InChI is InChI=1S/C26H23F2N7O3/c27-17-2-3-18(28)24-21(17)32-25(38-24)23-22-19(29-13-30-22)7-10-34(23)26(37)16-11-31-35-12-14(1-4-20(16)35)33-8-5-15(36)6-9-33/h1-4,11-13,15,23,36H,5-10H2,(H,29,30)/t23-/m0/s1. The van der Waals surface area contributed by atoms with Gasteiger partial charge in [0, 0.05) is 31.7 Å². The Kier molecular flexibility index (Phi) is 5.18. The fraction of sp³-hybridized carbons (Fsp3) is 0.308. The van der Waals surface area contributed by atoms with E-state index in [2.05, 4.69) is 25.0 Å². The van der Waals surface area contributed by atoms with E-state index in [-0.39, 0.29) is 29.0 Å². The van der Waals surface area contributed by atoms with E-state index in [1.165, 1.54) is 12.5 Å². The number of oxazole rings is 1. The van der Waals surface area contributed by atoms with E-state index in [0.717, 1.165) is 36.6 Å². The van der Waals surface area contributed by atoms with Gasteiger partial charge in [0.25, 0.3) is 5.91 Å². The van der Waals surface area contributed by atoms with Gasteiger partial charge in [-0.1, -0.05) is 0 Å². The molecule has 12 heteroatoms. The molecular weight excluding hydrogens is 496 g/mol. The molecule has 2 aliphatic heterocycles. The summed E-state index contributed by atoms with van der Waals surface area (Å²) in [6.45, 7) is 1.80. The zero-order chi connectivity index (χ0) is 26.0. The second kappa shape index (κ2) is 8.62. The van der Waals surface area contributed by atoms with Crippen molar-refractivity contribution in [2.24, 2.45) is 0 Å². The van der Waals surface area contributed by atoms with Crippen molar-refractivity contribution in [1.82, 2.24) is 29.5 Å². The van der Waals surface area contributed by atoms with Gasteiger partial charge in [-0.25, -0.2) is 23.3 Å². The predicted octanol–water partition coefficient (Wildman–Crippen LogP) is 3.23. The Morgan fingerprint density at radius 1 is 1.11 bits per heavy atom. The highest BCUT2D eigenvalue weighted by Crippen LogP contribution is 2.37. The van der Waals surface area contributed by atoms with Crippen molar-refractivity contribution in [3.05, 3.63) is 77.5 Å². The molecule has 1 atom stereocenters. The minimum Gasteiger partial charge on any atom is -0.435 e. The zero-order valence-electron chi connectivity index (χ0n) is 20.1. The van der Waals surface area contributed by atoms with Crippen LogP contribution in [0.5, 0.6) is 0 Å². The number of aromatic nitrogens is 5. The van der Waals surface area contributed by atoms with E-state index in [1.54, 1.807) is 9.42 Å². The number of benzene rings is 1. The number of H-pyrrole nitrogens is 1. The molecule has 38 heavy (non-hydrogen) atoms. The van der Waals surface area contributed by atoms with E-state index >= 15 is 0 Å². The lowest BCUT2D eigenvalue weighted by molar-refractivity contribution is 0.0669. The number of halogens is 2. The molecule has 0 spiro atoms. The Labute approximate surface area is 214 Å². The summed E-state index contributed by atoms with van der Waals surface area (Å²) in [6, 6.07) is 4.89. The number of anilines is 1. The van der Waals surface area contributed by atoms with E-state index in [1.807, 2.05) is 18.3 Å². The smallest absolute Gasteiger partial charge is 0.258 e. The number of nitrogens with zero attached hydrogens (tertiary/aromatic N) is 6. The van der Waals surface area contributed by atoms with Crippen molar-refractivity contribution in [1.29, 1.82) is 0 Å². The molecule has 6 heterocycles. The van der Waals surface area contributed by atoms with Crippen LogP contribution in [0.3, 0.4) is 0 Å². The summed E-state index contributed by atoms with van der Waals surface area (Å²) in [5.74, 6) is -1.79. The molecule has 1 aromatic carbocycles. The minimum atomic E-state index is -0.877. The lowest BCUT2D eigenvalue weighted by Gasteiger charge is -2.33. The van der Waals surface area contributed by atoms with Crippen molar-refractivity contribution in [2.45, 2.75) is 31.4 Å². The van der Waals surface area contributed by atoms with Crippen molar-refractivity contribution >= 4 is 28.2 Å². The highest BCUT2D eigenvalue weighted by molar-refractivity contribution is 6.01. The number of aliphatic hydroxyl groups excluding tert-OH is 1. The number of rotatable bonds is 3. The highest BCUT2D eigenvalue weighted by atomic mass is 19.1. The quantitative estimate of drug-likeness (QED) is 0.376. The monoisotopic (exact) mass is 519 g/mol. The van der Waals surface area contributed by atoms with E-state index in [4.69, 9.17) is 4.42 Å². The maximum atomic E-state index is 14.4. The molecule has 0 unspecified atom stereocenters. The number of nitrogens with one attached hydrogen (secondary N) is 1. The summed E-state index contributed by atoms with van der Waals surface area (Å²) in [5.41, 5.74) is 2.74. The maximum Gasteiger partial charge on any atom is 0.258 e. The number of amides is 1. The number of hydrogen-bond acceptors (Lipinski definition) is 7. The number of piperidine rings is 1. The van der Waals surface area contributed by atoms with Gasteiger partial charge in [0.05, 0.1) is 47.3 Å². The van der Waals surface area contributed by atoms with Gasteiger partial charge in [0.2, 0.25) is 5.89 Å². The average molecular weight is 520 g/mol. The Morgan fingerprint density at radius 3 is 2.74 bits per heavy atom. The third-order valence-electron chi connectivity index (χ3n) is 7.44. The van der Waals surface area contributed by atoms with Crippen molar-refractivity contribution < 1.29 is 23.1 Å². The van der Waals surface area contributed by atoms with Gasteiger partial charge in [-0.3, -0.25) is 4.79 Å². The van der Waals surface area contributed by atoms with Crippen LogP contribution in [0.15, 0.2) is 47.4 Å². The van der Waals surface area contributed by atoms with Gasteiger partial charge in [-0.2, -0.15) is 5.10 Å². The molecule has 10 nitrogen and oxygen atoms in total. The number of carbonyl (C=O) groups excluding carboxylic acids is 1. The van der Waals surface area contributed by atoms with Crippen LogP contribution in [0.2, 0.25) is 0 Å². The third kappa shape index (κ3) is 3.55. The number of pyridine rings is 1. The van der Waals surface area contributed by atoms with Crippen molar-refractivity contribution in [3.8, 4) is 0 Å². The van der Waals surface area contributed by atoms with Crippen LogP contribution in [0, 0.1) is 11.6 Å². The van der Waals surface area contributed by atoms with Crippen molar-refractivity contribution in [2.75, 3.05) is 24.5 Å². The van der Waals surface area contributed by atoms with Gasteiger partial charge in [0.15, 0.2) is 23.3 Å². The predicted molar refractivity (Wildman–Crippen MR) is 132 cm³/mol. The zero-order valence-corrected chi connectivity index (χ0v) is 20.1. The molecule has 194 valence electrons. The van der Waals surface area contributed by atoms with Crippen LogP contribution >= 0.6 is 0 Å². The molecule has 2 aliphatic rings. The normalized spacial score (nSPS) is 18.4. The summed E-state index contributed by atoms with van der Waals surface area (Å²) in [5, 5.41) is 14.2. The molecule has 0 radical (unpaired) electrons. The fourth-order valence-corrected chi connectivity index (χ4v) is 5.43. The Bertz CT molecular complexity index is 1650. The largest absolute Gasteiger partial charge is 0.435 e. The van der Waals surface area contributed by atoms with Gasteiger partial charge in [-0.15, -0.1) is 0 Å². The van der Waals surface area contributed by atoms with Gasteiger partial charge < -0.3 is 24.3 Å². The topological polar surface area (TPSA) is 116 Å². The summed E-state index contributed by atoms with van der Waals surface area (Å²) < 4.78 is 36.2. The number of aliphatic hydroxyl groups is 1. The molecule has 4 aromatic heterocycles. The molecule has 1 saturated heterocycles. The van der Waals surface area contributed by atoms with Crippen LogP contribution in [0.4, 0.5) is 14.5 Å². The molecule has 0 bridgehead atoms. The molecule has 0 saturated carbocycles. The average Bonchev–Trinajstić information content (AvgIpc) is 3.68. The first kappa shape index (κ1) is 22.8. The number of imidazole rings is 1. The summed E-state index contributed by atoms with van der Waals surface area (Å²) in [6.07, 6.45) is 6.56. The first-order valence-corrected chi connectivity index (χ1v) is 12.5. The molecule has 1 amide bonds. The molecule has 7 rings (SSSR count). The van der Waals surface area contributed by atoms with E-state index in [9.17, 15) is 18.7 Å². The lowest BCUT2D eigenvalue weighted by Crippen LogP contribution is -2.41. The number of carbonyl (C=O) groups is 1. The minimum absolute atomic E-state index is 0.0172. The molecule has 2 N–H and O–H groups in total. The number of fused-ring (bicyclic) bond motifs is 3. The summed E-state index contributed by atoms with van der Waals surface area (Å²) in [7, 11) is 0. The number of hydrogen-bond donors (Lipinski definition) is 2. The van der Waals surface area contributed by atoms with Gasteiger partial charge in [-0.05, 0) is 37.1 Å². The van der Waals surface area contributed by atoms with Crippen LogP contribution in [0.1, 0.15) is 46.5 Å². The summed E-state index contributed by atoms with van der Waals surface area (Å²) in [4.78, 5) is 29.4. The Hall–Kier alpha value is -4.32. The SMILES string of the molecule is O=C(c1cnn2cc(N3CCC(O)CC3)ccc12)N1CCc2[nH]cnc2[C@H]1c1nc2c(F)ccc(F)c2o1. The first-order valence-electron chi connectivity index (χ1n) is 12.5. The summed E-state index contributed by atoms with van der Waals surface area (Å²) >= 11 is 0.